The molecule has 1 atom stereocenters. The van der Waals surface area contributed by atoms with E-state index >= 15 is 0 Å². The van der Waals surface area contributed by atoms with Crippen LogP contribution in [0, 0.1) is 0 Å². The van der Waals surface area contributed by atoms with Crippen molar-refractivity contribution in [3.8, 4) is 22.8 Å². The standard InChI is InChI=1S/C30H36ClN5O4/c1-5-21(2)36(30(38)22-7-10-24(31)11-8-22)20-29(37)35-16-6-15-34(17-18-35)28-14-12-25(32-33-28)23-9-13-26(39-3)27(19-23)40-4/h7-14,19,21H,5-6,15-18,20H2,1-4H3. The lowest BCUT2D eigenvalue weighted by Gasteiger charge is -2.31. The molecule has 4 rings (SSSR count). The van der Waals surface area contributed by atoms with Crippen LogP contribution < -0.4 is 14.4 Å². The number of rotatable bonds is 9. The molecule has 10 heteroatoms. The second-order valence-electron chi connectivity index (χ2n) is 9.77. The zero-order valence-corrected chi connectivity index (χ0v) is 24.2. The first-order valence-corrected chi connectivity index (χ1v) is 13.9. The maximum Gasteiger partial charge on any atom is 0.254 e. The minimum absolute atomic E-state index is 0.0380. The highest BCUT2D eigenvalue weighted by atomic mass is 35.5. The number of benzene rings is 2. The lowest BCUT2D eigenvalue weighted by atomic mass is 10.1. The van der Waals surface area contributed by atoms with Gasteiger partial charge < -0.3 is 24.2 Å². The third kappa shape index (κ3) is 6.83. The predicted molar refractivity (Wildman–Crippen MR) is 156 cm³/mol. The lowest BCUT2D eigenvalue weighted by Crippen LogP contribution is -2.47. The zero-order chi connectivity index (χ0) is 28.6. The largest absolute Gasteiger partial charge is 0.493 e. The fraction of sp³-hybridized carbons (Fsp3) is 0.400. The van der Waals surface area contributed by atoms with Gasteiger partial charge in [-0.2, -0.15) is 0 Å². The average Bonchev–Trinajstić information content (AvgIpc) is 3.26. The number of anilines is 1. The summed E-state index contributed by atoms with van der Waals surface area (Å²) < 4.78 is 10.7. The Balaban J connectivity index is 1.40. The fourth-order valence-electron chi connectivity index (χ4n) is 4.69. The normalized spacial score (nSPS) is 14.3. The van der Waals surface area contributed by atoms with Crippen LogP contribution in [0.25, 0.3) is 11.3 Å². The number of amides is 2. The summed E-state index contributed by atoms with van der Waals surface area (Å²) in [5.74, 6) is 1.82. The summed E-state index contributed by atoms with van der Waals surface area (Å²) in [4.78, 5) is 32.3. The summed E-state index contributed by atoms with van der Waals surface area (Å²) >= 11 is 5.99. The van der Waals surface area contributed by atoms with E-state index in [-0.39, 0.29) is 24.4 Å². The number of hydrogen-bond donors (Lipinski definition) is 0. The van der Waals surface area contributed by atoms with Crippen molar-refractivity contribution < 1.29 is 19.1 Å². The monoisotopic (exact) mass is 565 g/mol. The summed E-state index contributed by atoms with van der Waals surface area (Å²) in [5, 5.41) is 9.48. The summed E-state index contributed by atoms with van der Waals surface area (Å²) in [7, 11) is 3.20. The smallest absolute Gasteiger partial charge is 0.254 e. The molecule has 0 spiro atoms. The number of ether oxygens (including phenoxy) is 2. The Morgan fingerprint density at radius 3 is 2.35 bits per heavy atom. The summed E-state index contributed by atoms with van der Waals surface area (Å²) in [6.45, 7) is 6.57. The van der Waals surface area contributed by atoms with Crippen LogP contribution in [-0.2, 0) is 4.79 Å². The Labute approximate surface area is 240 Å². The number of methoxy groups -OCH3 is 2. The second-order valence-corrected chi connectivity index (χ2v) is 10.2. The zero-order valence-electron chi connectivity index (χ0n) is 23.5. The quantitative estimate of drug-likeness (QED) is 0.368. The molecular formula is C30H36ClN5O4. The van der Waals surface area contributed by atoms with Gasteiger partial charge in [0.05, 0.1) is 19.9 Å². The van der Waals surface area contributed by atoms with E-state index in [4.69, 9.17) is 21.1 Å². The van der Waals surface area contributed by atoms with Crippen molar-refractivity contribution in [2.45, 2.75) is 32.7 Å². The summed E-state index contributed by atoms with van der Waals surface area (Å²) in [5.41, 5.74) is 2.13. The molecule has 1 aromatic heterocycles. The van der Waals surface area contributed by atoms with Gasteiger partial charge in [-0.05, 0) is 74.4 Å². The maximum atomic E-state index is 13.4. The lowest BCUT2D eigenvalue weighted by molar-refractivity contribution is -0.132. The molecule has 0 bridgehead atoms. The van der Waals surface area contributed by atoms with Crippen molar-refractivity contribution in [2.75, 3.05) is 51.8 Å². The van der Waals surface area contributed by atoms with Crippen molar-refractivity contribution in [1.82, 2.24) is 20.0 Å². The molecule has 2 heterocycles. The molecule has 2 amide bonds. The third-order valence-electron chi connectivity index (χ3n) is 7.28. The molecule has 0 saturated carbocycles. The second kappa shape index (κ2) is 13.5. The topological polar surface area (TPSA) is 88.1 Å². The molecule has 1 saturated heterocycles. The molecule has 40 heavy (non-hydrogen) atoms. The van der Waals surface area contributed by atoms with Crippen molar-refractivity contribution in [3.63, 3.8) is 0 Å². The SMILES string of the molecule is CCC(C)N(CC(=O)N1CCCN(c2ccc(-c3ccc(OC)c(OC)c3)nn2)CC1)C(=O)c1ccc(Cl)cc1. The van der Waals surface area contributed by atoms with E-state index in [1.165, 1.54) is 0 Å². The molecule has 9 nitrogen and oxygen atoms in total. The summed E-state index contributed by atoms with van der Waals surface area (Å²) in [6, 6.07) is 16.2. The van der Waals surface area contributed by atoms with Crippen molar-refractivity contribution >= 4 is 29.2 Å². The maximum absolute atomic E-state index is 13.4. The number of aromatic nitrogens is 2. The molecule has 1 unspecified atom stereocenters. The van der Waals surface area contributed by atoms with Crippen LogP contribution in [0.3, 0.4) is 0 Å². The van der Waals surface area contributed by atoms with E-state index in [9.17, 15) is 9.59 Å². The first kappa shape index (κ1) is 29.1. The Kier molecular flexibility index (Phi) is 9.82. The van der Waals surface area contributed by atoms with Crippen molar-refractivity contribution in [3.05, 3.63) is 65.2 Å². The highest BCUT2D eigenvalue weighted by Crippen LogP contribution is 2.31. The van der Waals surface area contributed by atoms with Crippen LogP contribution in [0.15, 0.2) is 54.6 Å². The van der Waals surface area contributed by atoms with Crippen LogP contribution in [0.5, 0.6) is 11.5 Å². The Morgan fingerprint density at radius 2 is 1.70 bits per heavy atom. The molecule has 0 N–H and O–H groups in total. The van der Waals surface area contributed by atoms with Gasteiger partial charge >= 0.3 is 0 Å². The van der Waals surface area contributed by atoms with Gasteiger partial charge in [-0.25, -0.2) is 0 Å². The first-order valence-electron chi connectivity index (χ1n) is 13.5. The first-order chi connectivity index (χ1) is 19.3. The molecule has 1 aliphatic rings. The van der Waals surface area contributed by atoms with Crippen LogP contribution in [0.1, 0.15) is 37.0 Å². The van der Waals surface area contributed by atoms with Crippen LogP contribution in [-0.4, -0.2) is 84.8 Å². The van der Waals surface area contributed by atoms with E-state index in [1.54, 1.807) is 43.4 Å². The number of halogens is 1. The van der Waals surface area contributed by atoms with E-state index < -0.39 is 0 Å². The Hall–Kier alpha value is -3.85. The molecule has 0 radical (unpaired) electrons. The molecule has 2 aromatic carbocycles. The van der Waals surface area contributed by atoms with Crippen molar-refractivity contribution in [2.24, 2.45) is 0 Å². The number of carbonyl (C=O) groups excluding carboxylic acids is 2. The van der Waals surface area contributed by atoms with Gasteiger partial charge in [0.15, 0.2) is 17.3 Å². The van der Waals surface area contributed by atoms with Crippen LogP contribution >= 0.6 is 11.6 Å². The average molecular weight is 566 g/mol. The third-order valence-corrected chi connectivity index (χ3v) is 7.53. The fourth-order valence-corrected chi connectivity index (χ4v) is 4.82. The van der Waals surface area contributed by atoms with E-state index in [0.29, 0.717) is 41.7 Å². The van der Waals surface area contributed by atoms with E-state index in [2.05, 4.69) is 15.1 Å². The Bertz CT molecular complexity index is 1300. The minimum Gasteiger partial charge on any atom is -0.493 e. The van der Waals surface area contributed by atoms with Gasteiger partial charge in [0.1, 0.15) is 6.54 Å². The molecule has 1 fully saturated rings. The minimum atomic E-state index is -0.166. The number of carbonyl (C=O) groups is 2. The van der Waals surface area contributed by atoms with E-state index in [1.807, 2.05) is 49.1 Å². The van der Waals surface area contributed by atoms with Gasteiger partial charge in [-0.15, -0.1) is 10.2 Å². The number of nitrogens with zero attached hydrogens (tertiary/aromatic N) is 5. The van der Waals surface area contributed by atoms with Gasteiger partial charge in [0, 0.05) is 48.4 Å². The highest BCUT2D eigenvalue weighted by Gasteiger charge is 2.27. The Morgan fingerprint density at radius 1 is 0.950 bits per heavy atom. The van der Waals surface area contributed by atoms with Gasteiger partial charge in [0.25, 0.3) is 5.91 Å². The van der Waals surface area contributed by atoms with Gasteiger partial charge in [0.2, 0.25) is 5.91 Å². The molecular weight excluding hydrogens is 530 g/mol. The van der Waals surface area contributed by atoms with Crippen LogP contribution in [0.4, 0.5) is 5.82 Å². The summed E-state index contributed by atoms with van der Waals surface area (Å²) in [6.07, 6.45) is 1.54. The van der Waals surface area contributed by atoms with E-state index in [0.717, 1.165) is 36.5 Å². The molecule has 3 aromatic rings. The predicted octanol–water partition coefficient (Wildman–Crippen LogP) is 4.79. The van der Waals surface area contributed by atoms with Crippen LogP contribution in [0.2, 0.25) is 5.02 Å². The van der Waals surface area contributed by atoms with Gasteiger partial charge in [-0.1, -0.05) is 18.5 Å². The molecule has 1 aliphatic heterocycles. The molecule has 0 aliphatic carbocycles. The van der Waals surface area contributed by atoms with Crippen molar-refractivity contribution in [1.29, 1.82) is 0 Å². The van der Waals surface area contributed by atoms with Gasteiger partial charge in [-0.3, -0.25) is 9.59 Å². The molecule has 212 valence electrons. The number of hydrogen-bond acceptors (Lipinski definition) is 7. The highest BCUT2D eigenvalue weighted by molar-refractivity contribution is 6.30.